The first-order chi connectivity index (χ1) is 11.8. The molecule has 24 heavy (non-hydrogen) atoms. The summed E-state index contributed by atoms with van der Waals surface area (Å²) in [6, 6.07) is 7.39. The monoisotopic (exact) mass is 327 g/mol. The number of hydrogen-bond acceptors (Lipinski definition) is 4. The number of fused-ring (bicyclic) bond motifs is 2. The Morgan fingerprint density at radius 1 is 1.25 bits per heavy atom. The molecule has 1 atom stereocenters. The first kappa shape index (κ1) is 15.1. The predicted molar refractivity (Wildman–Crippen MR) is 88.2 cm³/mol. The van der Waals surface area contributed by atoms with Crippen molar-refractivity contribution in [2.45, 2.75) is 38.3 Å². The quantitative estimate of drug-likeness (QED) is 0.928. The van der Waals surface area contributed by atoms with Crippen molar-refractivity contribution < 1.29 is 14.3 Å². The number of carbonyl (C=O) groups is 1. The molecule has 0 spiro atoms. The Morgan fingerprint density at radius 3 is 3.00 bits per heavy atom. The van der Waals surface area contributed by atoms with Crippen LogP contribution in [-0.4, -0.2) is 34.9 Å². The molecule has 0 saturated carbocycles. The summed E-state index contributed by atoms with van der Waals surface area (Å²) in [7, 11) is 0. The molecule has 1 aliphatic carbocycles. The van der Waals surface area contributed by atoms with Gasteiger partial charge in [0, 0.05) is 12.2 Å². The SMILES string of the molecule is O=C(NCCn1ncc2c1CCCC2)C1COc2ccccc2O1. The lowest BCUT2D eigenvalue weighted by Crippen LogP contribution is -2.44. The molecule has 6 nitrogen and oxygen atoms in total. The van der Waals surface area contributed by atoms with Gasteiger partial charge in [0.25, 0.3) is 5.91 Å². The number of nitrogens with zero attached hydrogens (tertiary/aromatic N) is 2. The summed E-state index contributed by atoms with van der Waals surface area (Å²) >= 11 is 0. The summed E-state index contributed by atoms with van der Waals surface area (Å²) < 4.78 is 13.3. The second-order valence-corrected chi connectivity index (χ2v) is 6.20. The van der Waals surface area contributed by atoms with Crippen molar-refractivity contribution in [3.8, 4) is 11.5 Å². The Hall–Kier alpha value is -2.50. The molecule has 4 rings (SSSR count). The smallest absolute Gasteiger partial charge is 0.264 e. The van der Waals surface area contributed by atoms with E-state index in [2.05, 4.69) is 10.4 Å². The number of carbonyl (C=O) groups excluding carboxylic acids is 1. The molecule has 126 valence electrons. The summed E-state index contributed by atoms with van der Waals surface area (Å²) in [6.45, 7) is 1.46. The molecule has 1 amide bonds. The summed E-state index contributed by atoms with van der Waals surface area (Å²) in [5.74, 6) is 1.15. The fraction of sp³-hybridized carbons (Fsp3) is 0.444. The lowest BCUT2D eigenvalue weighted by Gasteiger charge is -2.25. The fourth-order valence-corrected chi connectivity index (χ4v) is 3.30. The van der Waals surface area contributed by atoms with E-state index in [0.29, 0.717) is 24.6 Å². The largest absolute Gasteiger partial charge is 0.485 e. The van der Waals surface area contributed by atoms with E-state index in [-0.39, 0.29) is 12.5 Å². The summed E-state index contributed by atoms with van der Waals surface area (Å²) in [6.07, 6.45) is 6.03. The molecule has 1 aromatic heterocycles. The lowest BCUT2D eigenvalue weighted by molar-refractivity contribution is -0.130. The number of rotatable bonds is 4. The van der Waals surface area contributed by atoms with E-state index in [1.807, 2.05) is 35.1 Å². The van der Waals surface area contributed by atoms with Gasteiger partial charge in [0.2, 0.25) is 6.10 Å². The van der Waals surface area contributed by atoms with Crippen molar-refractivity contribution >= 4 is 5.91 Å². The Bertz CT molecular complexity index is 741. The van der Waals surface area contributed by atoms with Gasteiger partial charge in [-0.25, -0.2) is 0 Å². The Morgan fingerprint density at radius 2 is 2.08 bits per heavy atom. The number of nitrogens with one attached hydrogen (secondary N) is 1. The molecular formula is C18H21N3O3. The molecule has 0 radical (unpaired) electrons. The topological polar surface area (TPSA) is 65.4 Å². The van der Waals surface area contributed by atoms with Gasteiger partial charge in [-0.15, -0.1) is 0 Å². The Labute approximate surface area is 140 Å². The maximum atomic E-state index is 12.3. The Kier molecular flexibility index (Phi) is 4.11. The molecule has 1 aromatic carbocycles. The molecule has 0 fully saturated rings. The third-order valence-electron chi connectivity index (χ3n) is 4.57. The van der Waals surface area contributed by atoms with Crippen LogP contribution in [0.15, 0.2) is 30.5 Å². The molecule has 2 heterocycles. The number of aromatic nitrogens is 2. The van der Waals surface area contributed by atoms with Crippen molar-refractivity contribution in [3.63, 3.8) is 0 Å². The van der Waals surface area contributed by atoms with E-state index in [1.165, 1.54) is 24.1 Å². The minimum absolute atomic E-state index is 0.148. The summed E-state index contributed by atoms with van der Waals surface area (Å²) in [4.78, 5) is 12.3. The van der Waals surface area contributed by atoms with Crippen LogP contribution in [0.2, 0.25) is 0 Å². The highest BCUT2D eigenvalue weighted by Gasteiger charge is 2.27. The first-order valence-corrected chi connectivity index (χ1v) is 8.51. The highest BCUT2D eigenvalue weighted by molar-refractivity contribution is 5.81. The van der Waals surface area contributed by atoms with E-state index >= 15 is 0 Å². The number of para-hydroxylation sites is 2. The summed E-state index contributed by atoms with van der Waals surface area (Å²) in [5, 5.41) is 7.37. The second-order valence-electron chi connectivity index (χ2n) is 6.20. The van der Waals surface area contributed by atoms with Gasteiger partial charge >= 0.3 is 0 Å². The van der Waals surface area contributed by atoms with Gasteiger partial charge in [-0.3, -0.25) is 9.48 Å². The lowest BCUT2D eigenvalue weighted by atomic mass is 9.98. The Balaban J connectivity index is 1.31. The molecule has 0 saturated heterocycles. The van der Waals surface area contributed by atoms with E-state index in [0.717, 1.165) is 12.8 Å². The van der Waals surface area contributed by atoms with Gasteiger partial charge in [-0.2, -0.15) is 5.10 Å². The molecule has 0 bridgehead atoms. The van der Waals surface area contributed by atoms with Gasteiger partial charge < -0.3 is 14.8 Å². The van der Waals surface area contributed by atoms with Crippen molar-refractivity contribution in [2.24, 2.45) is 0 Å². The average molecular weight is 327 g/mol. The van der Waals surface area contributed by atoms with E-state index in [9.17, 15) is 4.79 Å². The van der Waals surface area contributed by atoms with Crippen LogP contribution in [0, 0.1) is 0 Å². The molecular weight excluding hydrogens is 306 g/mol. The highest BCUT2D eigenvalue weighted by atomic mass is 16.6. The molecule has 1 unspecified atom stereocenters. The van der Waals surface area contributed by atoms with Crippen LogP contribution in [0.5, 0.6) is 11.5 Å². The van der Waals surface area contributed by atoms with Gasteiger partial charge in [-0.1, -0.05) is 12.1 Å². The number of hydrogen-bond donors (Lipinski definition) is 1. The molecule has 2 aliphatic rings. The average Bonchev–Trinajstić information content (AvgIpc) is 3.04. The fourth-order valence-electron chi connectivity index (χ4n) is 3.30. The van der Waals surface area contributed by atoms with Crippen molar-refractivity contribution in [1.82, 2.24) is 15.1 Å². The van der Waals surface area contributed by atoms with Crippen LogP contribution in [0.25, 0.3) is 0 Å². The van der Waals surface area contributed by atoms with Crippen LogP contribution in [0.4, 0.5) is 0 Å². The minimum atomic E-state index is -0.605. The summed E-state index contributed by atoms with van der Waals surface area (Å²) in [5.41, 5.74) is 2.68. The van der Waals surface area contributed by atoms with E-state index in [4.69, 9.17) is 9.47 Å². The normalized spacial score (nSPS) is 18.8. The van der Waals surface area contributed by atoms with Crippen LogP contribution in [0.3, 0.4) is 0 Å². The number of amides is 1. The van der Waals surface area contributed by atoms with Crippen LogP contribution in [-0.2, 0) is 24.2 Å². The van der Waals surface area contributed by atoms with Gasteiger partial charge in [0.15, 0.2) is 11.5 Å². The van der Waals surface area contributed by atoms with E-state index in [1.54, 1.807) is 0 Å². The predicted octanol–water partition coefficient (Wildman–Crippen LogP) is 1.72. The maximum absolute atomic E-state index is 12.3. The highest BCUT2D eigenvalue weighted by Crippen LogP contribution is 2.30. The van der Waals surface area contributed by atoms with Crippen LogP contribution >= 0.6 is 0 Å². The molecule has 6 heteroatoms. The first-order valence-electron chi connectivity index (χ1n) is 8.51. The third-order valence-corrected chi connectivity index (χ3v) is 4.57. The standard InChI is InChI=1S/C18H21N3O3/c22-18(17-12-23-15-7-3-4-8-16(15)24-17)19-9-10-21-14-6-2-1-5-13(14)11-20-21/h3-4,7-8,11,17H,1-2,5-6,9-10,12H2,(H,19,22). The van der Waals surface area contributed by atoms with Crippen LogP contribution in [0.1, 0.15) is 24.1 Å². The third kappa shape index (κ3) is 2.96. The van der Waals surface area contributed by atoms with Crippen molar-refractivity contribution in [3.05, 3.63) is 41.7 Å². The zero-order chi connectivity index (χ0) is 16.4. The van der Waals surface area contributed by atoms with Crippen molar-refractivity contribution in [1.29, 1.82) is 0 Å². The van der Waals surface area contributed by atoms with Gasteiger partial charge in [-0.05, 0) is 43.4 Å². The molecule has 1 aliphatic heterocycles. The number of benzene rings is 1. The zero-order valence-corrected chi connectivity index (χ0v) is 13.5. The number of aryl methyl sites for hydroxylation is 1. The maximum Gasteiger partial charge on any atom is 0.264 e. The van der Waals surface area contributed by atoms with Crippen molar-refractivity contribution in [2.75, 3.05) is 13.2 Å². The second kappa shape index (κ2) is 6.55. The number of ether oxygens (including phenoxy) is 2. The molecule has 1 N–H and O–H groups in total. The van der Waals surface area contributed by atoms with Crippen LogP contribution < -0.4 is 14.8 Å². The van der Waals surface area contributed by atoms with Gasteiger partial charge in [0.05, 0.1) is 12.7 Å². The minimum Gasteiger partial charge on any atom is -0.485 e. The molecule has 2 aromatic rings. The zero-order valence-electron chi connectivity index (χ0n) is 13.5. The van der Waals surface area contributed by atoms with Gasteiger partial charge in [0.1, 0.15) is 6.61 Å². The van der Waals surface area contributed by atoms with E-state index < -0.39 is 6.10 Å².